The van der Waals surface area contributed by atoms with Gasteiger partial charge in [0, 0.05) is 10.6 Å². The average Bonchev–Trinajstić information content (AvgIpc) is 3.16. The molecule has 0 unspecified atom stereocenters. The van der Waals surface area contributed by atoms with E-state index in [2.05, 4.69) is 15.5 Å². The third kappa shape index (κ3) is 4.89. The van der Waals surface area contributed by atoms with Gasteiger partial charge < -0.3 is 14.6 Å². The number of carbonyl (C=O) groups is 1. The SMILES string of the molecule is CC[C@H](Oc1ccc(C)c(C)c1)C(=O)NCc1nc(-c2ccc(Cl)cc2)no1. The molecule has 0 aliphatic carbocycles. The number of rotatable bonds is 7. The number of carbonyl (C=O) groups excluding carboxylic acids is 1. The number of aromatic nitrogens is 2. The second kappa shape index (κ2) is 8.89. The molecule has 6 nitrogen and oxygen atoms in total. The molecule has 0 saturated heterocycles. The quantitative estimate of drug-likeness (QED) is 0.633. The van der Waals surface area contributed by atoms with Crippen molar-refractivity contribution in [2.24, 2.45) is 0 Å². The first-order valence-corrected chi connectivity index (χ1v) is 9.44. The fraction of sp³-hybridized carbons (Fsp3) is 0.286. The van der Waals surface area contributed by atoms with Gasteiger partial charge in [-0.2, -0.15) is 4.98 Å². The Balaban J connectivity index is 1.59. The number of hydrogen-bond acceptors (Lipinski definition) is 5. The Morgan fingerprint density at radius 2 is 1.93 bits per heavy atom. The van der Waals surface area contributed by atoms with Crippen LogP contribution in [0.25, 0.3) is 11.4 Å². The highest BCUT2D eigenvalue weighted by molar-refractivity contribution is 6.30. The summed E-state index contributed by atoms with van der Waals surface area (Å²) in [6, 6.07) is 12.9. The number of nitrogens with zero attached hydrogens (tertiary/aromatic N) is 2. The molecule has 0 bridgehead atoms. The van der Waals surface area contributed by atoms with Gasteiger partial charge in [-0.1, -0.05) is 29.7 Å². The molecule has 0 aliphatic heterocycles. The second-order valence-electron chi connectivity index (χ2n) is 6.50. The highest BCUT2D eigenvalue weighted by Gasteiger charge is 2.19. The Labute approximate surface area is 168 Å². The van der Waals surface area contributed by atoms with Gasteiger partial charge in [0.05, 0.1) is 6.54 Å². The van der Waals surface area contributed by atoms with Crippen molar-refractivity contribution in [3.05, 3.63) is 64.5 Å². The summed E-state index contributed by atoms with van der Waals surface area (Å²) in [4.78, 5) is 16.8. The number of benzene rings is 2. The summed E-state index contributed by atoms with van der Waals surface area (Å²) in [6.07, 6.45) is -0.0562. The highest BCUT2D eigenvalue weighted by atomic mass is 35.5. The van der Waals surface area contributed by atoms with E-state index in [0.717, 1.165) is 11.1 Å². The Morgan fingerprint density at radius 3 is 2.61 bits per heavy atom. The molecule has 0 radical (unpaired) electrons. The predicted octanol–water partition coefficient (Wildman–Crippen LogP) is 4.48. The standard InChI is InChI=1S/C21H22ClN3O3/c1-4-18(27-17-10-5-13(2)14(3)11-17)21(26)23-12-19-24-20(25-28-19)15-6-8-16(22)9-7-15/h5-11,18H,4,12H2,1-3H3,(H,23,26)/t18-/m0/s1. The van der Waals surface area contributed by atoms with Gasteiger partial charge in [-0.3, -0.25) is 4.79 Å². The first-order valence-electron chi connectivity index (χ1n) is 9.06. The Morgan fingerprint density at radius 1 is 1.18 bits per heavy atom. The Hall–Kier alpha value is -2.86. The lowest BCUT2D eigenvalue weighted by atomic mass is 10.1. The maximum absolute atomic E-state index is 12.5. The molecule has 146 valence electrons. The van der Waals surface area contributed by atoms with Crippen LogP contribution in [0.4, 0.5) is 0 Å². The van der Waals surface area contributed by atoms with Gasteiger partial charge in [-0.25, -0.2) is 0 Å². The first kappa shape index (κ1) is 19.9. The Bertz CT molecular complexity index is 954. The van der Waals surface area contributed by atoms with E-state index in [9.17, 15) is 4.79 Å². The zero-order valence-electron chi connectivity index (χ0n) is 16.0. The van der Waals surface area contributed by atoms with Crippen LogP contribution in [-0.4, -0.2) is 22.2 Å². The molecule has 28 heavy (non-hydrogen) atoms. The van der Waals surface area contributed by atoms with Crippen LogP contribution < -0.4 is 10.1 Å². The van der Waals surface area contributed by atoms with Crippen LogP contribution in [0.15, 0.2) is 47.0 Å². The van der Waals surface area contributed by atoms with E-state index in [4.69, 9.17) is 20.9 Å². The molecular weight excluding hydrogens is 378 g/mol. The van der Waals surface area contributed by atoms with E-state index >= 15 is 0 Å². The minimum Gasteiger partial charge on any atom is -0.481 e. The molecule has 0 aliphatic rings. The molecule has 1 aromatic heterocycles. The Kier molecular flexibility index (Phi) is 6.31. The summed E-state index contributed by atoms with van der Waals surface area (Å²) in [5.41, 5.74) is 3.08. The lowest BCUT2D eigenvalue weighted by Crippen LogP contribution is -2.37. The molecule has 3 aromatic rings. The van der Waals surface area contributed by atoms with Crippen molar-refractivity contribution in [3.8, 4) is 17.1 Å². The molecule has 0 fully saturated rings. The van der Waals surface area contributed by atoms with E-state index in [1.165, 1.54) is 5.56 Å². The van der Waals surface area contributed by atoms with Gasteiger partial charge in [0.25, 0.3) is 5.91 Å². The third-order valence-electron chi connectivity index (χ3n) is 4.40. The van der Waals surface area contributed by atoms with Crippen LogP contribution in [-0.2, 0) is 11.3 Å². The molecule has 1 atom stereocenters. The largest absolute Gasteiger partial charge is 0.481 e. The van der Waals surface area contributed by atoms with Crippen molar-refractivity contribution in [1.29, 1.82) is 0 Å². The summed E-state index contributed by atoms with van der Waals surface area (Å²) in [7, 11) is 0. The van der Waals surface area contributed by atoms with Crippen LogP contribution in [0.1, 0.15) is 30.4 Å². The zero-order valence-corrected chi connectivity index (χ0v) is 16.8. The van der Waals surface area contributed by atoms with E-state index < -0.39 is 6.10 Å². The molecule has 0 saturated carbocycles. The van der Waals surface area contributed by atoms with Crippen LogP contribution in [0.2, 0.25) is 5.02 Å². The van der Waals surface area contributed by atoms with Crippen molar-refractivity contribution >= 4 is 17.5 Å². The van der Waals surface area contributed by atoms with Gasteiger partial charge >= 0.3 is 0 Å². The molecule has 0 spiro atoms. The summed E-state index contributed by atoms with van der Waals surface area (Å²) in [5.74, 6) is 1.21. The van der Waals surface area contributed by atoms with Gasteiger partial charge in [0.2, 0.25) is 11.7 Å². The van der Waals surface area contributed by atoms with Gasteiger partial charge in [0.1, 0.15) is 5.75 Å². The summed E-state index contributed by atoms with van der Waals surface area (Å²) >= 11 is 5.88. The number of nitrogens with one attached hydrogen (secondary N) is 1. The maximum atomic E-state index is 12.5. The predicted molar refractivity (Wildman–Crippen MR) is 107 cm³/mol. The van der Waals surface area contributed by atoms with E-state index in [1.807, 2.05) is 39.0 Å². The fourth-order valence-electron chi connectivity index (χ4n) is 2.59. The zero-order chi connectivity index (χ0) is 20.1. The number of halogens is 1. The summed E-state index contributed by atoms with van der Waals surface area (Å²) in [5, 5.41) is 7.36. The van der Waals surface area contributed by atoms with Crippen LogP contribution in [0.3, 0.4) is 0 Å². The summed E-state index contributed by atoms with van der Waals surface area (Å²) < 4.78 is 11.1. The lowest BCUT2D eigenvalue weighted by molar-refractivity contribution is -0.128. The number of amides is 1. The van der Waals surface area contributed by atoms with Crippen LogP contribution >= 0.6 is 11.6 Å². The first-order chi connectivity index (χ1) is 13.5. The highest BCUT2D eigenvalue weighted by Crippen LogP contribution is 2.20. The monoisotopic (exact) mass is 399 g/mol. The van der Waals surface area contributed by atoms with E-state index in [-0.39, 0.29) is 12.5 Å². The minimum absolute atomic E-state index is 0.131. The number of aryl methyl sites for hydroxylation is 2. The van der Waals surface area contributed by atoms with E-state index in [1.54, 1.807) is 24.3 Å². The van der Waals surface area contributed by atoms with Crippen LogP contribution in [0, 0.1) is 13.8 Å². The van der Waals surface area contributed by atoms with Gasteiger partial charge in [-0.05, 0) is 67.8 Å². The number of hydrogen-bond donors (Lipinski definition) is 1. The van der Waals surface area contributed by atoms with Crippen LogP contribution in [0.5, 0.6) is 5.75 Å². The van der Waals surface area contributed by atoms with Gasteiger partial charge in [-0.15, -0.1) is 0 Å². The lowest BCUT2D eigenvalue weighted by Gasteiger charge is -2.17. The molecule has 7 heteroatoms. The molecular formula is C21H22ClN3O3. The second-order valence-corrected chi connectivity index (χ2v) is 6.93. The molecule has 3 rings (SSSR count). The molecule has 1 N–H and O–H groups in total. The minimum atomic E-state index is -0.597. The van der Waals surface area contributed by atoms with Crippen molar-refractivity contribution in [2.75, 3.05) is 0 Å². The van der Waals surface area contributed by atoms with Crippen molar-refractivity contribution in [3.63, 3.8) is 0 Å². The van der Waals surface area contributed by atoms with Crippen molar-refractivity contribution in [2.45, 2.75) is 39.8 Å². The summed E-state index contributed by atoms with van der Waals surface area (Å²) in [6.45, 7) is 6.08. The van der Waals surface area contributed by atoms with Gasteiger partial charge in [0.15, 0.2) is 6.10 Å². The smallest absolute Gasteiger partial charge is 0.261 e. The molecule has 2 aromatic carbocycles. The number of ether oxygens (including phenoxy) is 1. The molecule has 1 amide bonds. The normalized spacial score (nSPS) is 11.9. The van der Waals surface area contributed by atoms with Crippen molar-refractivity contribution < 1.29 is 14.1 Å². The average molecular weight is 400 g/mol. The fourth-order valence-corrected chi connectivity index (χ4v) is 2.72. The maximum Gasteiger partial charge on any atom is 0.261 e. The third-order valence-corrected chi connectivity index (χ3v) is 4.66. The van der Waals surface area contributed by atoms with Crippen molar-refractivity contribution in [1.82, 2.24) is 15.5 Å². The molecule has 1 heterocycles. The topological polar surface area (TPSA) is 77.2 Å². The van der Waals surface area contributed by atoms with E-state index in [0.29, 0.717) is 28.9 Å².